The van der Waals surface area contributed by atoms with Crippen LogP contribution in [0.5, 0.6) is 0 Å². The first-order chi connectivity index (χ1) is 33.7. The van der Waals surface area contributed by atoms with Gasteiger partial charge in [0.05, 0.1) is 22.1 Å². The van der Waals surface area contributed by atoms with Gasteiger partial charge in [-0.25, -0.2) is 19.9 Å². The van der Waals surface area contributed by atoms with E-state index >= 15 is 0 Å². The molecular weight excluding hydrogens is 833 g/mol. The van der Waals surface area contributed by atoms with Crippen molar-refractivity contribution in [3.05, 3.63) is 231 Å². The zero-order valence-electron chi connectivity index (χ0n) is 36.5. The maximum atomic E-state index is 5.24. The Hall–Kier alpha value is -9.40. The molecular formula is C60H38N8. The Morgan fingerprint density at radius 3 is 1.21 bits per heavy atom. The van der Waals surface area contributed by atoms with E-state index < -0.39 is 0 Å². The Labute approximate surface area is 391 Å². The van der Waals surface area contributed by atoms with Crippen molar-refractivity contribution in [1.82, 2.24) is 39.0 Å². The van der Waals surface area contributed by atoms with Crippen LogP contribution in [0.1, 0.15) is 0 Å². The van der Waals surface area contributed by atoms with Crippen molar-refractivity contribution in [2.45, 2.75) is 0 Å². The highest BCUT2D eigenvalue weighted by Gasteiger charge is 2.23. The van der Waals surface area contributed by atoms with E-state index in [9.17, 15) is 0 Å². The first kappa shape index (κ1) is 39.0. The summed E-state index contributed by atoms with van der Waals surface area (Å²) in [7, 11) is 0. The van der Waals surface area contributed by atoms with Gasteiger partial charge in [-0.3, -0.25) is 4.57 Å². The summed E-state index contributed by atoms with van der Waals surface area (Å²) >= 11 is 0. The Morgan fingerprint density at radius 2 is 0.647 bits per heavy atom. The van der Waals surface area contributed by atoms with Gasteiger partial charge in [0.15, 0.2) is 29.1 Å². The molecule has 0 aliphatic carbocycles. The lowest BCUT2D eigenvalue weighted by atomic mass is 9.99. The van der Waals surface area contributed by atoms with Crippen LogP contribution in [-0.2, 0) is 0 Å². The molecule has 13 rings (SSSR count). The number of para-hydroxylation sites is 2. The highest BCUT2D eigenvalue weighted by atomic mass is 15.2. The molecule has 0 amide bonds. The quantitative estimate of drug-likeness (QED) is 0.151. The number of rotatable bonds is 8. The summed E-state index contributed by atoms with van der Waals surface area (Å²) in [6, 6.07) is 79.2. The van der Waals surface area contributed by atoms with E-state index in [1.807, 2.05) is 103 Å². The van der Waals surface area contributed by atoms with Crippen LogP contribution in [0.4, 0.5) is 0 Å². The largest absolute Gasteiger partial charge is 0.309 e. The van der Waals surface area contributed by atoms with Crippen LogP contribution in [0.25, 0.3) is 123 Å². The highest BCUT2D eigenvalue weighted by molar-refractivity contribution is 6.28. The van der Waals surface area contributed by atoms with Crippen molar-refractivity contribution in [1.29, 1.82) is 0 Å². The highest BCUT2D eigenvalue weighted by Crippen LogP contribution is 2.43. The first-order valence-electron chi connectivity index (χ1n) is 22.6. The molecule has 0 atom stereocenters. The zero-order valence-corrected chi connectivity index (χ0v) is 36.5. The second-order valence-electron chi connectivity index (χ2n) is 16.7. The van der Waals surface area contributed by atoms with Crippen LogP contribution in [0.2, 0.25) is 0 Å². The van der Waals surface area contributed by atoms with E-state index in [-0.39, 0.29) is 0 Å². The van der Waals surface area contributed by atoms with Gasteiger partial charge >= 0.3 is 0 Å². The fourth-order valence-electron chi connectivity index (χ4n) is 9.58. The second-order valence-corrected chi connectivity index (χ2v) is 16.7. The van der Waals surface area contributed by atoms with Crippen LogP contribution in [0.15, 0.2) is 231 Å². The molecule has 318 valence electrons. The van der Waals surface area contributed by atoms with Crippen LogP contribution in [0.3, 0.4) is 0 Å². The maximum absolute atomic E-state index is 5.24. The number of hydrogen-bond acceptors (Lipinski definition) is 6. The van der Waals surface area contributed by atoms with Crippen LogP contribution >= 0.6 is 0 Å². The smallest absolute Gasteiger partial charge is 0.238 e. The minimum absolute atomic E-state index is 0.553. The van der Waals surface area contributed by atoms with Crippen molar-refractivity contribution < 1.29 is 0 Å². The van der Waals surface area contributed by atoms with Crippen molar-refractivity contribution in [2.75, 3.05) is 0 Å². The fraction of sp³-hybridized carbons (Fsp3) is 0. The Bertz CT molecular complexity index is 3960. The number of benzene rings is 9. The lowest BCUT2D eigenvalue weighted by molar-refractivity contribution is 0.953. The molecule has 0 N–H and O–H groups in total. The van der Waals surface area contributed by atoms with Gasteiger partial charge in [0, 0.05) is 55.0 Å². The van der Waals surface area contributed by atoms with E-state index in [4.69, 9.17) is 29.9 Å². The van der Waals surface area contributed by atoms with Crippen LogP contribution < -0.4 is 0 Å². The molecule has 4 heterocycles. The SMILES string of the molecule is c1ccc(-c2nc(-c3cccc(-n4c5ccccc5c5c6c7ccccc7n(-c7nc(-c8ccccc8)nc(-c8ccccc8)n7)c6ccc54)c3)nc(-c3ccccc3-c3ccccc3)n2)cc1. The van der Waals surface area contributed by atoms with Gasteiger partial charge in [0.25, 0.3) is 0 Å². The van der Waals surface area contributed by atoms with Crippen molar-refractivity contribution in [2.24, 2.45) is 0 Å². The molecule has 68 heavy (non-hydrogen) atoms. The molecule has 0 saturated heterocycles. The number of nitrogens with zero attached hydrogens (tertiary/aromatic N) is 8. The molecule has 0 bridgehead atoms. The summed E-state index contributed by atoms with van der Waals surface area (Å²) in [5, 5.41) is 4.51. The summed E-state index contributed by atoms with van der Waals surface area (Å²) in [5.41, 5.74) is 11.9. The molecule has 0 spiro atoms. The number of fused-ring (bicyclic) bond motifs is 7. The minimum atomic E-state index is 0.553. The Balaban J connectivity index is 1.02. The predicted molar refractivity (Wildman–Crippen MR) is 275 cm³/mol. The molecule has 13 aromatic rings. The first-order valence-corrected chi connectivity index (χ1v) is 22.6. The van der Waals surface area contributed by atoms with Gasteiger partial charge < -0.3 is 4.57 Å². The molecule has 0 aliphatic rings. The minimum Gasteiger partial charge on any atom is -0.309 e. The average Bonchev–Trinajstić information content (AvgIpc) is 3.95. The molecule has 0 radical (unpaired) electrons. The lowest BCUT2D eigenvalue weighted by Crippen LogP contribution is -2.06. The topological polar surface area (TPSA) is 87.2 Å². The van der Waals surface area contributed by atoms with Crippen molar-refractivity contribution in [3.8, 4) is 79.7 Å². The third-order valence-electron chi connectivity index (χ3n) is 12.6. The van der Waals surface area contributed by atoms with Gasteiger partial charge in [-0.1, -0.05) is 194 Å². The zero-order chi connectivity index (χ0) is 45.0. The molecule has 8 heteroatoms. The average molecular weight is 871 g/mol. The van der Waals surface area contributed by atoms with Gasteiger partial charge in [-0.05, 0) is 47.5 Å². The van der Waals surface area contributed by atoms with Gasteiger partial charge in [0.2, 0.25) is 5.95 Å². The molecule has 0 fully saturated rings. The summed E-state index contributed by atoms with van der Waals surface area (Å²) in [5.74, 6) is 3.59. The van der Waals surface area contributed by atoms with Crippen LogP contribution in [0, 0.1) is 0 Å². The predicted octanol–water partition coefficient (Wildman–Crippen LogP) is 14.3. The van der Waals surface area contributed by atoms with Gasteiger partial charge in [-0.15, -0.1) is 0 Å². The summed E-state index contributed by atoms with van der Waals surface area (Å²) < 4.78 is 4.55. The standard InChI is InChI=1S/C60H38N8/c1-5-20-39(21-6-1)45-30-13-14-31-46(45)59-63-55(40-22-7-2-8-23-40)61-58(64-59)43-28-19-29-44(38-43)67-49-34-17-15-32-47(49)53-51(67)36-37-52-54(53)48-33-16-18-35-50(48)68(52)60-65-56(41-24-9-3-10-25-41)62-57(66-60)42-26-11-4-12-27-42/h1-38H. The third-order valence-corrected chi connectivity index (χ3v) is 12.6. The van der Waals surface area contributed by atoms with E-state index in [1.54, 1.807) is 0 Å². The van der Waals surface area contributed by atoms with E-state index in [1.165, 1.54) is 0 Å². The summed E-state index contributed by atoms with van der Waals surface area (Å²) in [4.78, 5) is 30.9. The number of hydrogen-bond donors (Lipinski definition) is 0. The molecule has 0 saturated carbocycles. The van der Waals surface area contributed by atoms with Gasteiger partial charge in [-0.2, -0.15) is 9.97 Å². The Morgan fingerprint density at radius 1 is 0.250 bits per heavy atom. The van der Waals surface area contributed by atoms with E-state index in [2.05, 4.69) is 137 Å². The van der Waals surface area contributed by atoms with E-state index in [0.29, 0.717) is 35.1 Å². The molecule has 9 aromatic carbocycles. The van der Waals surface area contributed by atoms with Crippen molar-refractivity contribution >= 4 is 43.6 Å². The summed E-state index contributed by atoms with van der Waals surface area (Å²) in [6.07, 6.45) is 0. The van der Waals surface area contributed by atoms with Crippen LogP contribution in [-0.4, -0.2) is 39.0 Å². The maximum Gasteiger partial charge on any atom is 0.238 e. The monoisotopic (exact) mass is 870 g/mol. The second kappa shape index (κ2) is 16.2. The molecule has 8 nitrogen and oxygen atoms in total. The Kier molecular flexibility index (Phi) is 9.31. The number of aromatic nitrogens is 8. The molecule has 0 aliphatic heterocycles. The molecule has 0 unspecified atom stereocenters. The fourth-order valence-corrected chi connectivity index (χ4v) is 9.58. The lowest BCUT2D eigenvalue weighted by Gasteiger charge is -2.13. The third kappa shape index (κ3) is 6.62. The van der Waals surface area contributed by atoms with Gasteiger partial charge in [0.1, 0.15) is 0 Å². The van der Waals surface area contributed by atoms with Crippen molar-refractivity contribution in [3.63, 3.8) is 0 Å². The molecule has 4 aromatic heterocycles. The summed E-state index contributed by atoms with van der Waals surface area (Å²) in [6.45, 7) is 0. The van der Waals surface area contributed by atoms with E-state index in [0.717, 1.165) is 88.2 Å². The normalized spacial score (nSPS) is 11.5.